The van der Waals surface area contributed by atoms with E-state index >= 15 is 0 Å². The standard InChI is InChI=1S/C15H18FNO2/c1-10-8-12(6-7-13(10)16)14(18)9-17-15(19)11-4-2-3-5-11/h6-8,11H,2-5,9H2,1H3,(H,17,19). The number of Topliss-reactive ketones (excluding diaryl/α,β-unsaturated/α-hetero) is 1. The summed E-state index contributed by atoms with van der Waals surface area (Å²) in [6.07, 6.45) is 4.00. The van der Waals surface area contributed by atoms with E-state index in [4.69, 9.17) is 0 Å². The smallest absolute Gasteiger partial charge is 0.223 e. The van der Waals surface area contributed by atoms with Gasteiger partial charge in [0, 0.05) is 11.5 Å². The molecule has 0 aliphatic heterocycles. The van der Waals surface area contributed by atoms with Crippen LogP contribution in [0.15, 0.2) is 18.2 Å². The van der Waals surface area contributed by atoms with Crippen molar-refractivity contribution < 1.29 is 14.0 Å². The molecule has 0 aromatic heterocycles. The number of benzene rings is 1. The van der Waals surface area contributed by atoms with Gasteiger partial charge in [-0.2, -0.15) is 0 Å². The summed E-state index contributed by atoms with van der Waals surface area (Å²) >= 11 is 0. The van der Waals surface area contributed by atoms with Crippen molar-refractivity contribution in [1.29, 1.82) is 0 Å². The Morgan fingerprint density at radius 2 is 2.00 bits per heavy atom. The maximum Gasteiger partial charge on any atom is 0.223 e. The van der Waals surface area contributed by atoms with Crippen LogP contribution in [0.3, 0.4) is 0 Å². The van der Waals surface area contributed by atoms with Gasteiger partial charge in [-0.3, -0.25) is 9.59 Å². The largest absolute Gasteiger partial charge is 0.348 e. The molecule has 1 N–H and O–H groups in total. The Hall–Kier alpha value is -1.71. The van der Waals surface area contributed by atoms with Gasteiger partial charge in [0.05, 0.1) is 6.54 Å². The van der Waals surface area contributed by atoms with E-state index in [1.807, 2.05) is 0 Å². The molecular formula is C15H18FNO2. The number of nitrogens with one attached hydrogen (secondary N) is 1. The van der Waals surface area contributed by atoms with E-state index in [2.05, 4.69) is 5.32 Å². The lowest BCUT2D eigenvalue weighted by atomic mass is 10.1. The number of hydrogen-bond donors (Lipinski definition) is 1. The fourth-order valence-corrected chi connectivity index (χ4v) is 2.42. The van der Waals surface area contributed by atoms with Gasteiger partial charge in [-0.05, 0) is 43.5 Å². The highest BCUT2D eigenvalue weighted by Gasteiger charge is 2.22. The van der Waals surface area contributed by atoms with Crippen LogP contribution in [-0.2, 0) is 4.79 Å². The van der Waals surface area contributed by atoms with Crippen molar-refractivity contribution >= 4 is 11.7 Å². The van der Waals surface area contributed by atoms with E-state index < -0.39 is 0 Å². The van der Waals surface area contributed by atoms with Crippen molar-refractivity contribution in [3.63, 3.8) is 0 Å². The van der Waals surface area contributed by atoms with Crippen molar-refractivity contribution in [3.8, 4) is 0 Å². The zero-order valence-corrected chi connectivity index (χ0v) is 11.0. The zero-order chi connectivity index (χ0) is 13.8. The lowest BCUT2D eigenvalue weighted by molar-refractivity contribution is -0.124. The van der Waals surface area contributed by atoms with Crippen molar-refractivity contribution in [1.82, 2.24) is 5.32 Å². The number of ketones is 1. The van der Waals surface area contributed by atoms with Gasteiger partial charge in [-0.15, -0.1) is 0 Å². The van der Waals surface area contributed by atoms with E-state index in [0.717, 1.165) is 25.7 Å². The molecule has 0 unspecified atom stereocenters. The Kier molecular flexibility index (Phi) is 4.30. The van der Waals surface area contributed by atoms with Crippen LogP contribution in [0.1, 0.15) is 41.6 Å². The topological polar surface area (TPSA) is 46.2 Å². The summed E-state index contributed by atoms with van der Waals surface area (Å²) < 4.78 is 13.1. The Labute approximate surface area is 112 Å². The monoisotopic (exact) mass is 263 g/mol. The van der Waals surface area contributed by atoms with E-state index in [0.29, 0.717) is 11.1 Å². The van der Waals surface area contributed by atoms with E-state index in [-0.39, 0.29) is 30.0 Å². The molecule has 1 fully saturated rings. The summed E-state index contributed by atoms with van der Waals surface area (Å²) in [5, 5.41) is 2.67. The van der Waals surface area contributed by atoms with Crippen LogP contribution in [-0.4, -0.2) is 18.2 Å². The Bertz CT molecular complexity index is 493. The third-order valence-corrected chi connectivity index (χ3v) is 3.63. The molecule has 0 bridgehead atoms. The maximum atomic E-state index is 13.1. The third-order valence-electron chi connectivity index (χ3n) is 3.63. The van der Waals surface area contributed by atoms with Gasteiger partial charge in [0.2, 0.25) is 5.91 Å². The number of rotatable bonds is 4. The van der Waals surface area contributed by atoms with Crippen LogP contribution in [0.25, 0.3) is 0 Å². The van der Waals surface area contributed by atoms with Crippen LogP contribution in [0, 0.1) is 18.7 Å². The van der Waals surface area contributed by atoms with Gasteiger partial charge in [-0.25, -0.2) is 4.39 Å². The molecular weight excluding hydrogens is 245 g/mol. The average Bonchev–Trinajstić information content (AvgIpc) is 2.92. The number of carbonyl (C=O) groups is 2. The molecule has 0 saturated heterocycles. The first-order valence-electron chi connectivity index (χ1n) is 6.65. The number of carbonyl (C=O) groups excluding carboxylic acids is 2. The Morgan fingerprint density at radius 1 is 1.32 bits per heavy atom. The first kappa shape index (κ1) is 13.7. The minimum atomic E-state index is -0.327. The van der Waals surface area contributed by atoms with Crippen molar-refractivity contribution in [3.05, 3.63) is 35.1 Å². The molecule has 0 atom stereocenters. The Balaban J connectivity index is 1.90. The molecule has 4 heteroatoms. The number of halogens is 1. The summed E-state index contributed by atoms with van der Waals surface area (Å²) in [6, 6.07) is 4.24. The van der Waals surface area contributed by atoms with Gasteiger partial charge < -0.3 is 5.32 Å². The van der Waals surface area contributed by atoms with Crippen LogP contribution in [0.2, 0.25) is 0 Å². The van der Waals surface area contributed by atoms with Gasteiger partial charge >= 0.3 is 0 Å². The molecule has 1 aliphatic rings. The molecule has 1 aromatic carbocycles. The van der Waals surface area contributed by atoms with Crippen molar-refractivity contribution in [2.45, 2.75) is 32.6 Å². The highest BCUT2D eigenvalue weighted by atomic mass is 19.1. The van der Waals surface area contributed by atoms with E-state index in [9.17, 15) is 14.0 Å². The summed E-state index contributed by atoms with van der Waals surface area (Å²) in [7, 11) is 0. The number of amides is 1. The molecule has 19 heavy (non-hydrogen) atoms. The van der Waals surface area contributed by atoms with Crippen molar-refractivity contribution in [2.24, 2.45) is 5.92 Å². The zero-order valence-electron chi connectivity index (χ0n) is 11.0. The SMILES string of the molecule is Cc1cc(C(=O)CNC(=O)C2CCCC2)ccc1F. The molecule has 2 rings (SSSR count). The molecule has 1 aromatic rings. The first-order chi connectivity index (χ1) is 9.08. The van der Waals surface area contributed by atoms with Gasteiger partial charge in [0.1, 0.15) is 5.82 Å². The Morgan fingerprint density at radius 3 is 2.63 bits per heavy atom. The summed E-state index contributed by atoms with van der Waals surface area (Å²) in [4.78, 5) is 23.7. The molecule has 0 radical (unpaired) electrons. The molecule has 1 saturated carbocycles. The van der Waals surface area contributed by atoms with Crippen molar-refractivity contribution in [2.75, 3.05) is 6.54 Å². The van der Waals surface area contributed by atoms with E-state index in [1.165, 1.54) is 18.2 Å². The van der Waals surface area contributed by atoms with E-state index in [1.54, 1.807) is 6.92 Å². The second kappa shape index (κ2) is 5.95. The summed E-state index contributed by atoms with van der Waals surface area (Å²) in [6.45, 7) is 1.60. The molecule has 0 spiro atoms. The predicted octanol–water partition coefficient (Wildman–Crippen LogP) is 2.62. The van der Waals surface area contributed by atoms with Crippen LogP contribution >= 0.6 is 0 Å². The predicted molar refractivity (Wildman–Crippen MR) is 70.4 cm³/mol. The summed E-state index contributed by atoms with van der Waals surface area (Å²) in [5.74, 6) is -0.492. The van der Waals surface area contributed by atoms with Gasteiger partial charge in [0.15, 0.2) is 5.78 Å². The second-order valence-corrected chi connectivity index (χ2v) is 5.09. The molecule has 1 amide bonds. The molecule has 3 nitrogen and oxygen atoms in total. The average molecular weight is 263 g/mol. The normalized spacial score (nSPS) is 15.5. The number of aryl methyl sites for hydroxylation is 1. The lowest BCUT2D eigenvalue weighted by Crippen LogP contribution is -2.33. The number of hydrogen-bond acceptors (Lipinski definition) is 2. The fraction of sp³-hybridized carbons (Fsp3) is 0.467. The van der Waals surface area contributed by atoms with Crippen LogP contribution in [0.5, 0.6) is 0 Å². The van der Waals surface area contributed by atoms with Crippen LogP contribution < -0.4 is 5.32 Å². The minimum Gasteiger partial charge on any atom is -0.348 e. The maximum absolute atomic E-state index is 13.1. The van der Waals surface area contributed by atoms with Gasteiger partial charge in [0.25, 0.3) is 0 Å². The first-order valence-corrected chi connectivity index (χ1v) is 6.65. The fourth-order valence-electron chi connectivity index (χ4n) is 2.42. The molecule has 102 valence electrons. The lowest BCUT2D eigenvalue weighted by Gasteiger charge is -2.10. The quantitative estimate of drug-likeness (QED) is 0.849. The van der Waals surface area contributed by atoms with Gasteiger partial charge in [-0.1, -0.05) is 12.8 Å². The highest BCUT2D eigenvalue weighted by Crippen LogP contribution is 2.24. The second-order valence-electron chi connectivity index (χ2n) is 5.09. The molecule has 1 aliphatic carbocycles. The minimum absolute atomic E-state index is 0.0135. The summed E-state index contributed by atoms with van der Waals surface area (Å²) in [5.41, 5.74) is 0.874. The highest BCUT2D eigenvalue weighted by molar-refractivity contribution is 5.99. The molecule has 0 heterocycles. The van der Waals surface area contributed by atoms with Crippen LogP contribution in [0.4, 0.5) is 4.39 Å². The third kappa shape index (κ3) is 3.40.